The van der Waals surface area contributed by atoms with Gasteiger partial charge in [-0.05, 0) is 49.7 Å². The normalized spacial score (nSPS) is 16.6. The molecule has 4 rings (SSSR count). The van der Waals surface area contributed by atoms with Gasteiger partial charge in [-0.15, -0.1) is 0 Å². The Bertz CT molecular complexity index is 871. The van der Waals surface area contributed by atoms with Crippen LogP contribution in [0.5, 0.6) is 0 Å². The van der Waals surface area contributed by atoms with Crippen molar-refractivity contribution >= 4 is 28.2 Å². The van der Waals surface area contributed by atoms with Crippen LogP contribution in [-0.4, -0.2) is 17.7 Å². The number of nitrogen functional groups attached to an aromatic ring is 1. The number of anilines is 3. The molecule has 23 heavy (non-hydrogen) atoms. The molecule has 0 radical (unpaired) electrons. The summed E-state index contributed by atoms with van der Waals surface area (Å²) in [5.41, 5.74) is 11.4. The van der Waals surface area contributed by atoms with Gasteiger partial charge in [-0.2, -0.15) is 0 Å². The Balaban J connectivity index is 1.74. The van der Waals surface area contributed by atoms with Gasteiger partial charge in [0.25, 0.3) is 0 Å². The van der Waals surface area contributed by atoms with Crippen LogP contribution in [0.25, 0.3) is 22.6 Å². The first kappa shape index (κ1) is 13.9. The average molecular weight is 308 g/mol. The van der Waals surface area contributed by atoms with E-state index in [2.05, 4.69) is 47.2 Å². The average Bonchev–Trinajstić information content (AvgIpc) is 3.08. The maximum Gasteiger partial charge on any atom is 0.227 e. The second kappa shape index (κ2) is 5.19. The summed E-state index contributed by atoms with van der Waals surface area (Å²) in [6, 6.07) is 11.8. The number of hydrogen-bond acceptors (Lipinski definition) is 5. The van der Waals surface area contributed by atoms with Crippen molar-refractivity contribution in [1.29, 1.82) is 0 Å². The van der Waals surface area contributed by atoms with Crippen LogP contribution < -0.4 is 16.0 Å². The zero-order valence-corrected chi connectivity index (χ0v) is 13.3. The van der Waals surface area contributed by atoms with Gasteiger partial charge in [-0.3, -0.25) is 0 Å². The number of nitrogens with zero attached hydrogens (tertiary/aromatic N) is 2. The SMILES string of the molecule is CCCN1c2ccc(-c3nc4cc(N)ccc4o3)cc2NC1C. The molecule has 0 amide bonds. The fraction of sp³-hybridized carbons (Fsp3) is 0.278. The fourth-order valence-electron chi connectivity index (χ4n) is 3.17. The first-order valence-electron chi connectivity index (χ1n) is 7.99. The van der Waals surface area contributed by atoms with E-state index in [1.807, 2.05) is 18.2 Å². The highest BCUT2D eigenvalue weighted by Gasteiger charge is 2.25. The molecular weight excluding hydrogens is 288 g/mol. The Morgan fingerprint density at radius 1 is 1.26 bits per heavy atom. The second-order valence-electron chi connectivity index (χ2n) is 5.99. The van der Waals surface area contributed by atoms with Gasteiger partial charge in [0, 0.05) is 17.8 Å². The Labute approximate surface area is 135 Å². The molecule has 1 aromatic heterocycles. The molecule has 0 aliphatic carbocycles. The van der Waals surface area contributed by atoms with E-state index in [9.17, 15) is 0 Å². The molecular formula is C18H20N4O. The van der Waals surface area contributed by atoms with Crippen LogP contribution in [-0.2, 0) is 0 Å². The molecule has 0 fully saturated rings. The molecule has 2 aromatic carbocycles. The van der Waals surface area contributed by atoms with Crippen molar-refractivity contribution in [3.8, 4) is 11.5 Å². The first-order chi connectivity index (χ1) is 11.2. The van der Waals surface area contributed by atoms with E-state index in [4.69, 9.17) is 10.2 Å². The van der Waals surface area contributed by atoms with Crippen LogP contribution in [0.2, 0.25) is 0 Å². The van der Waals surface area contributed by atoms with Crippen molar-refractivity contribution in [2.45, 2.75) is 26.4 Å². The van der Waals surface area contributed by atoms with Gasteiger partial charge in [0.05, 0.1) is 17.5 Å². The minimum atomic E-state index is 0.309. The molecule has 0 bridgehead atoms. The lowest BCUT2D eigenvalue weighted by molar-refractivity contribution is 0.620. The fourth-order valence-corrected chi connectivity index (χ4v) is 3.17. The van der Waals surface area contributed by atoms with Gasteiger partial charge in [0.2, 0.25) is 5.89 Å². The number of aromatic nitrogens is 1. The number of rotatable bonds is 3. The lowest BCUT2D eigenvalue weighted by atomic mass is 10.1. The first-order valence-corrected chi connectivity index (χ1v) is 7.99. The summed E-state index contributed by atoms with van der Waals surface area (Å²) in [7, 11) is 0. The number of hydrogen-bond donors (Lipinski definition) is 2. The molecule has 5 nitrogen and oxygen atoms in total. The van der Waals surface area contributed by atoms with Crippen molar-refractivity contribution in [3.63, 3.8) is 0 Å². The summed E-state index contributed by atoms with van der Waals surface area (Å²) in [4.78, 5) is 6.94. The summed E-state index contributed by atoms with van der Waals surface area (Å²) in [6.45, 7) is 5.42. The Hall–Kier alpha value is -2.69. The Morgan fingerprint density at radius 3 is 2.96 bits per heavy atom. The minimum absolute atomic E-state index is 0.309. The predicted molar refractivity (Wildman–Crippen MR) is 94.6 cm³/mol. The molecule has 0 saturated heterocycles. The molecule has 3 aromatic rings. The van der Waals surface area contributed by atoms with E-state index in [-0.39, 0.29) is 0 Å². The smallest absolute Gasteiger partial charge is 0.227 e. The lowest BCUT2D eigenvalue weighted by Crippen LogP contribution is -2.33. The largest absolute Gasteiger partial charge is 0.436 e. The van der Waals surface area contributed by atoms with Crippen LogP contribution in [0.3, 0.4) is 0 Å². The number of benzene rings is 2. The molecule has 118 valence electrons. The molecule has 1 aliphatic rings. The van der Waals surface area contributed by atoms with Crippen molar-refractivity contribution in [2.75, 3.05) is 22.5 Å². The summed E-state index contributed by atoms with van der Waals surface area (Å²) in [5, 5.41) is 3.52. The van der Waals surface area contributed by atoms with Crippen LogP contribution in [0.1, 0.15) is 20.3 Å². The highest BCUT2D eigenvalue weighted by Crippen LogP contribution is 2.38. The second-order valence-corrected chi connectivity index (χ2v) is 5.99. The number of fused-ring (bicyclic) bond motifs is 2. The van der Waals surface area contributed by atoms with Gasteiger partial charge in [0.1, 0.15) is 5.52 Å². The zero-order chi connectivity index (χ0) is 16.0. The van der Waals surface area contributed by atoms with Crippen LogP contribution in [0.4, 0.5) is 17.1 Å². The van der Waals surface area contributed by atoms with Gasteiger partial charge in [0.15, 0.2) is 5.58 Å². The standard InChI is InChI=1S/C18H20N4O/c1-3-8-22-11(2)20-14-9-12(4-6-16(14)22)18-21-15-10-13(19)5-7-17(15)23-18/h4-7,9-11,20H,3,8,19H2,1-2H3. The summed E-state index contributed by atoms with van der Waals surface area (Å²) >= 11 is 0. The topological polar surface area (TPSA) is 67.3 Å². The van der Waals surface area contributed by atoms with Gasteiger partial charge >= 0.3 is 0 Å². The highest BCUT2D eigenvalue weighted by atomic mass is 16.3. The van der Waals surface area contributed by atoms with E-state index in [1.165, 1.54) is 5.69 Å². The van der Waals surface area contributed by atoms with E-state index < -0.39 is 0 Å². The van der Waals surface area contributed by atoms with E-state index >= 15 is 0 Å². The van der Waals surface area contributed by atoms with Crippen molar-refractivity contribution in [2.24, 2.45) is 0 Å². The number of nitrogens with one attached hydrogen (secondary N) is 1. The van der Waals surface area contributed by atoms with Crippen LogP contribution in [0, 0.1) is 0 Å². The quantitative estimate of drug-likeness (QED) is 0.714. The Morgan fingerprint density at radius 2 is 2.13 bits per heavy atom. The third-order valence-electron chi connectivity index (χ3n) is 4.26. The molecule has 1 aliphatic heterocycles. The maximum atomic E-state index is 5.86. The van der Waals surface area contributed by atoms with E-state index in [0.717, 1.165) is 35.3 Å². The van der Waals surface area contributed by atoms with Crippen LogP contribution in [0.15, 0.2) is 40.8 Å². The van der Waals surface area contributed by atoms with Gasteiger partial charge < -0.3 is 20.4 Å². The molecule has 3 N–H and O–H groups in total. The third-order valence-corrected chi connectivity index (χ3v) is 4.26. The zero-order valence-electron chi connectivity index (χ0n) is 13.3. The lowest BCUT2D eigenvalue weighted by Gasteiger charge is -2.22. The number of nitrogens with two attached hydrogens (primary N) is 1. The molecule has 1 atom stereocenters. The maximum absolute atomic E-state index is 5.86. The Kier molecular flexibility index (Phi) is 3.15. The van der Waals surface area contributed by atoms with E-state index in [0.29, 0.717) is 17.7 Å². The van der Waals surface area contributed by atoms with Crippen molar-refractivity contribution < 1.29 is 4.42 Å². The predicted octanol–water partition coefficient (Wildman–Crippen LogP) is 4.06. The summed E-state index contributed by atoms with van der Waals surface area (Å²) < 4.78 is 5.86. The van der Waals surface area contributed by atoms with Gasteiger partial charge in [-0.1, -0.05) is 6.92 Å². The molecule has 2 heterocycles. The van der Waals surface area contributed by atoms with E-state index in [1.54, 1.807) is 0 Å². The highest BCUT2D eigenvalue weighted by molar-refractivity contribution is 5.83. The molecule has 0 saturated carbocycles. The molecule has 1 unspecified atom stereocenters. The summed E-state index contributed by atoms with van der Waals surface area (Å²) in [6.07, 6.45) is 1.43. The van der Waals surface area contributed by atoms with Crippen molar-refractivity contribution in [1.82, 2.24) is 4.98 Å². The number of oxazole rings is 1. The third kappa shape index (κ3) is 2.29. The monoisotopic (exact) mass is 308 g/mol. The molecule has 5 heteroatoms. The molecule has 0 spiro atoms. The summed E-state index contributed by atoms with van der Waals surface area (Å²) in [5.74, 6) is 0.622. The van der Waals surface area contributed by atoms with Crippen LogP contribution >= 0.6 is 0 Å². The minimum Gasteiger partial charge on any atom is -0.436 e. The van der Waals surface area contributed by atoms with Gasteiger partial charge in [-0.25, -0.2) is 4.98 Å². The van der Waals surface area contributed by atoms with Crippen molar-refractivity contribution in [3.05, 3.63) is 36.4 Å².